The Morgan fingerprint density at radius 1 is 0.833 bits per heavy atom. The highest BCUT2D eigenvalue weighted by Gasteiger charge is 2.60. The lowest BCUT2D eigenvalue weighted by Crippen LogP contribution is -2.37. The minimum absolute atomic E-state index is 0.380. The first-order valence-electron chi connectivity index (χ1n) is 11.2. The fraction of sp³-hybridized carbons (Fsp3) is 0.231. The zero-order chi connectivity index (χ0) is 25.4. The summed E-state index contributed by atoms with van der Waals surface area (Å²) in [4.78, 5) is 34.1. The van der Waals surface area contributed by atoms with Gasteiger partial charge in [0.1, 0.15) is 17.4 Å². The summed E-state index contributed by atoms with van der Waals surface area (Å²) in [6.07, 6.45) is -5.93. The number of imide groups is 1. The van der Waals surface area contributed by atoms with Crippen molar-refractivity contribution in [2.24, 2.45) is 5.92 Å². The SMILES string of the molecule is CCOc1ccc(N2C(=O)[C@@H]3[C@@H](ON(c4ccccc4)[C@H]3c3ccc(OC(F)(F)F)cc3)C2=O)cc1. The number of ether oxygens (including phenoxy) is 2. The van der Waals surface area contributed by atoms with Crippen molar-refractivity contribution in [1.29, 1.82) is 0 Å². The van der Waals surface area contributed by atoms with Gasteiger partial charge in [0.25, 0.3) is 5.91 Å². The number of hydrogen-bond donors (Lipinski definition) is 0. The Balaban J connectivity index is 1.50. The molecular weight excluding hydrogens is 477 g/mol. The van der Waals surface area contributed by atoms with Gasteiger partial charge in [-0.25, -0.2) is 9.96 Å². The van der Waals surface area contributed by atoms with Crippen LogP contribution in [0.3, 0.4) is 0 Å². The fourth-order valence-corrected chi connectivity index (χ4v) is 4.53. The molecule has 2 amide bonds. The topological polar surface area (TPSA) is 68.3 Å². The molecule has 2 aliphatic heterocycles. The normalized spacial score (nSPS) is 21.6. The third kappa shape index (κ3) is 4.35. The molecule has 2 fully saturated rings. The van der Waals surface area contributed by atoms with Crippen LogP contribution in [-0.2, 0) is 14.4 Å². The number of hydroxylamine groups is 1. The van der Waals surface area contributed by atoms with Crippen molar-refractivity contribution in [3.8, 4) is 11.5 Å². The van der Waals surface area contributed by atoms with Crippen LogP contribution < -0.4 is 19.4 Å². The van der Waals surface area contributed by atoms with Gasteiger partial charge >= 0.3 is 6.36 Å². The molecule has 10 heteroatoms. The number of halogens is 3. The van der Waals surface area contributed by atoms with Crippen LogP contribution in [0.15, 0.2) is 78.9 Å². The van der Waals surface area contributed by atoms with Crippen LogP contribution in [-0.4, -0.2) is 30.9 Å². The van der Waals surface area contributed by atoms with Crippen LogP contribution in [0, 0.1) is 5.92 Å². The van der Waals surface area contributed by atoms with E-state index in [4.69, 9.17) is 9.57 Å². The maximum absolute atomic E-state index is 13.6. The Morgan fingerprint density at radius 2 is 1.47 bits per heavy atom. The number of alkyl halides is 3. The number of amides is 2. The molecule has 0 radical (unpaired) electrons. The number of benzene rings is 3. The van der Waals surface area contributed by atoms with Crippen molar-refractivity contribution in [2.75, 3.05) is 16.6 Å². The van der Waals surface area contributed by atoms with Crippen molar-refractivity contribution in [1.82, 2.24) is 0 Å². The first-order chi connectivity index (χ1) is 17.3. The molecule has 0 bridgehead atoms. The minimum Gasteiger partial charge on any atom is -0.494 e. The van der Waals surface area contributed by atoms with Gasteiger partial charge in [-0.2, -0.15) is 0 Å². The van der Waals surface area contributed by atoms with E-state index in [-0.39, 0.29) is 0 Å². The van der Waals surface area contributed by atoms with Crippen LogP contribution in [0.25, 0.3) is 0 Å². The Bertz CT molecular complexity index is 1250. The van der Waals surface area contributed by atoms with Gasteiger partial charge in [0.15, 0.2) is 6.10 Å². The molecule has 3 atom stereocenters. The zero-order valence-corrected chi connectivity index (χ0v) is 19.0. The predicted octanol–water partition coefficient (Wildman–Crippen LogP) is 5.04. The number of hydrogen-bond acceptors (Lipinski definition) is 6. The lowest BCUT2D eigenvalue weighted by atomic mass is 9.90. The van der Waals surface area contributed by atoms with E-state index in [1.54, 1.807) is 48.5 Å². The highest BCUT2D eigenvalue weighted by Crippen LogP contribution is 2.48. The molecule has 7 nitrogen and oxygen atoms in total. The maximum Gasteiger partial charge on any atom is 0.573 e. The number of carbonyl (C=O) groups is 2. The standard InChI is InChI=1S/C26H21F3N2O5/c1-2-34-19-14-10-17(11-15-19)30-24(32)21-22(16-8-12-20(13-9-16)35-26(27,28)29)31(36-23(21)25(30)33)18-6-4-3-5-7-18/h3-15,21-23H,2H2,1H3/t21-,22-,23+/m0/s1. The second-order valence-corrected chi connectivity index (χ2v) is 8.21. The number of carbonyl (C=O) groups excluding carboxylic acids is 2. The van der Waals surface area contributed by atoms with Crippen molar-refractivity contribution in [3.05, 3.63) is 84.4 Å². The van der Waals surface area contributed by atoms with Gasteiger partial charge in [0.05, 0.1) is 24.0 Å². The van der Waals surface area contributed by atoms with E-state index >= 15 is 0 Å². The number of anilines is 2. The minimum atomic E-state index is -4.83. The first-order valence-corrected chi connectivity index (χ1v) is 11.2. The quantitative estimate of drug-likeness (QED) is 0.444. The summed E-state index contributed by atoms with van der Waals surface area (Å²) in [5, 5.41) is 1.47. The van der Waals surface area contributed by atoms with Gasteiger partial charge in [-0.15, -0.1) is 13.2 Å². The summed E-state index contributed by atoms with van der Waals surface area (Å²) in [6, 6.07) is 19.9. The molecule has 3 aromatic rings. The van der Waals surface area contributed by atoms with Gasteiger partial charge in [0, 0.05) is 0 Å². The molecule has 36 heavy (non-hydrogen) atoms. The Kier molecular flexibility index (Phi) is 6.05. The Hall–Kier alpha value is -4.05. The number of para-hydroxylation sites is 1. The van der Waals surface area contributed by atoms with Crippen LogP contribution in [0.5, 0.6) is 11.5 Å². The van der Waals surface area contributed by atoms with Crippen LogP contribution >= 0.6 is 0 Å². The number of nitrogens with zero attached hydrogens (tertiary/aromatic N) is 2. The molecule has 2 aliphatic rings. The van der Waals surface area contributed by atoms with Gasteiger partial charge < -0.3 is 9.47 Å². The zero-order valence-electron chi connectivity index (χ0n) is 19.0. The first kappa shape index (κ1) is 23.7. The highest BCUT2D eigenvalue weighted by molar-refractivity contribution is 6.23. The number of fused-ring (bicyclic) bond motifs is 1. The summed E-state index contributed by atoms with van der Waals surface area (Å²) in [7, 11) is 0. The van der Waals surface area contributed by atoms with E-state index in [0.717, 1.165) is 4.90 Å². The second-order valence-electron chi connectivity index (χ2n) is 8.21. The largest absolute Gasteiger partial charge is 0.573 e. The molecule has 3 aromatic carbocycles. The molecule has 0 unspecified atom stereocenters. The average molecular weight is 498 g/mol. The summed E-state index contributed by atoms with van der Waals surface area (Å²) < 4.78 is 47.3. The van der Waals surface area contributed by atoms with E-state index in [2.05, 4.69) is 4.74 Å². The molecule has 0 N–H and O–H groups in total. The second kappa shape index (κ2) is 9.19. The average Bonchev–Trinajstić information content (AvgIpc) is 3.36. The smallest absolute Gasteiger partial charge is 0.494 e. The number of rotatable bonds is 6. The maximum atomic E-state index is 13.6. The predicted molar refractivity (Wildman–Crippen MR) is 123 cm³/mol. The van der Waals surface area contributed by atoms with E-state index in [0.29, 0.717) is 29.3 Å². The van der Waals surface area contributed by atoms with Crippen LogP contribution in [0.4, 0.5) is 24.5 Å². The third-order valence-electron chi connectivity index (χ3n) is 5.99. The molecule has 186 valence electrons. The van der Waals surface area contributed by atoms with Gasteiger partial charge in [-0.05, 0) is 61.0 Å². The lowest BCUT2D eigenvalue weighted by molar-refractivity contribution is -0.274. The molecular formula is C26H21F3N2O5. The van der Waals surface area contributed by atoms with Crippen molar-refractivity contribution < 1.29 is 37.1 Å². The summed E-state index contributed by atoms with van der Waals surface area (Å²) in [5.74, 6) is -1.69. The van der Waals surface area contributed by atoms with E-state index in [1.807, 2.05) is 13.0 Å². The summed E-state index contributed by atoms with van der Waals surface area (Å²) in [5.41, 5.74) is 1.47. The van der Waals surface area contributed by atoms with Gasteiger partial charge in [0.2, 0.25) is 5.91 Å². The molecule has 0 aliphatic carbocycles. The van der Waals surface area contributed by atoms with Crippen molar-refractivity contribution in [3.63, 3.8) is 0 Å². The van der Waals surface area contributed by atoms with E-state index in [9.17, 15) is 22.8 Å². The Morgan fingerprint density at radius 3 is 2.08 bits per heavy atom. The van der Waals surface area contributed by atoms with E-state index in [1.165, 1.54) is 29.3 Å². The van der Waals surface area contributed by atoms with Gasteiger partial charge in [-0.1, -0.05) is 30.3 Å². The lowest BCUT2D eigenvalue weighted by Gasteiger charge is -2.29. The monoisotopic (exact) mass is 498 g/mol. The Labute approximate surface area is 204 Å². The molecule has 2 saturated heterocycles. The van der Waals surface area contributed by atoms with Gasteiger partial charge in [-0.3, -0.25) is 14.4 Å². The molecule has 0 aromatic heterocycles. The summed E-state index contributed by atoms with van der Waals surface area (Å²) in [6.45, 7) is 2.32. The fourth-order valence-electron chi connectivity index (χ4n) is 4.53. The van der Waals surface area contributed by atoms with Crippen LogP contribution in [0.2, 0.25) is 0 Å². The molecule has 5 rings (SSSR count). The highest BCUT2D eigenvalue weighted by atomic mass is 19.4. The van der Waals surface area contributed by atoms with Crippen LogP contribution in [0.1, 0.15) is 18.5 Å². The third-order valence-corrected chi connectivity index (χ3v) is 5.99. The molecule has 0 saturated carbocycles. The molecule has 0 spiro atoms. The molecule has 2 heterocycles. The van der Waals surface area contributed by atoms with Crippen molar-refractivity contribution in [2.45, 2.75) is 25.4 Å². The van der Waals surface area contributed by atoms with E-state index < -0.39 is 42.0 Å². The van der Waals surface area contributed by atoms with Crippen molar-refractivity contribution >= 4 is 23.2 Å². The summed E-state index contributed by atoms with van der Waals surface area (Å²) >= 11 is 0.